The molecule has 0 atom stereocenters. The van der Waals surface area contributed by atoms with E-state index in [0.717, 1.165) is 12.8 Å². The Labute approximate surface area is 87.9 Å². The summed E-state index contributed by atoms with van der Waals surface area (Å²) in [7, 11) is 0. The van der Waals surface area contributed by atoms with Crippen molar-refractivity contribution in [3.8, 4) is 0 Å². The van der Waals surface area contributed by atoms with Gasteiger partial charge in [0.25, 0.3) is 0 Å². The second-order valence-corrected chi connectivity index (χ2v) is 5.26. The van der Waals surface area contributed by atoms with Gasteiger partial charge in [0.15, 0.2) is 0 Å². The van der Waals surface area contributed by atoms with E-state index >= 15 is 0 Å². The molecule has 0 unspecified atom stereocenters. The van der Waals surface area contributed by atoms with E-state index in [9.17, 15) is 0 Å². The van der Waals surface area contributed by atoms with Gasteiger partial charge in [-0.25, -0.2) is 9.78 Å². The molecular formula is C12H24O2. The molecule has 84 valence electrons. The van der Waals surface area contributed by atoms with Gasteiger partial charge in [0.05, 0.1) is 11.7 Å². The molecule has 1 rings (SSSR count). The Bertz CT molecular complexity index is 141. The molecular weight excluding hydrogens is 176 g/mol. The molecule has 0 radical (unpaired) electrons. The monoisotopic (exact) mass is 200 g/mol. The fourth-order valence-electron chi connectivity index (χ4n) is 1.73. The van der Waals surface area contributed by atoms with Crippen molar-refractivity contribution in [2.75, 3.05) is 0 Å². The van der Waals surface area contributed by atoms with Crippen molar-refractivity contribution in [3.05, 3.63) is 0 Å². The van der Waals surface area contributed by atoms with Crippen molar-refractivity contribution in [2.45, 2.75) is 77.4 Å². The summed E-state index contributed by atoms with van der Waals surface area (Å²) in [6.07, 6.45) is 9.34. The summed E-state index contributed by atoms with van der Waals surface area (Å²) < 4.78 is 0. The fourth-order valence-corrected chi connectivity index (χ4v) is 1.73. The quantitative estimate of drug-likeness (QED) is 0.498. The highest BCUT2D eigenvalue weighted by Gasteiger charge is 2.17. The van der Waals surface area contributed by atoms with Crippen molar-refractivity contribution < 1.29 is 9.78 Å². The first kappa shape index (κ1) is 12.0. The van der Waals surface area contributed by atoms with E-state index in [1.807, 2.05) is 20.8 Å². The van der Waals surface area contributed by atoms with Crippen LogP contribution < -0.4 is 0 Å². The Morgan fingerprint density at radius 2 is 1.36 bits per heavy atom. The van der Waals surface area contributed by atoms with E-state index in [4.69, 9.17) is 9.78 Å². The zero-order chi connectivity index (χ0) is 10.4. The predicted molar refractivity (Wildman–Crippen MR) is 58.0 cm³/mol. The van der Waals surface area contributed by atoms with Crippen LogP contribution in [0.5, 0.6) is 0 Å². The zero-order valence-corrected chi connectivity index (χ0v) is 9.84. The largest absolute Gasteiger partial charge is 0.233 e. The van der Waals surface area contributed by atoms with Crippen LogP contribution in [0.25, 0.3) is 0 Å². The van der Waals surface area contributed by atoms with Crippen LogP contribution in [0.3, 0.4) is 0 Å². The molecule has 0 saturated heterocycles. The molecule has 0 spiro atoms. The topological polar surface area (TPSA) is 18.5 Å². The summed E-state index contributed by atoms with van der Waals surface area (Å²) in [5.41, 5.74) is -0.178. The Morgan fingerprint density at radius 1 is 0.857 bits per heavy atom. The standard InChI is InChI=1S/C12H24O2/c1-12(2,3)14-13-11-9-7-5-4-6-8-10-11/h11H,4-10H2,1-3H3. The number of rotatable bonds is 2. The molecule has 1 aliphatic carbocycles. The van der Waals surface area contributed by atoms with Crippen LogP contribution in [0.1, 0.15) is 65.7 Å². The van der Waals surface area contributed by atoms with Crippen molar-refractivity contribution in [1.82, 2.24) is 0 Å². The highest BCUT2D eigenvalue weighted by molar-refractivity contribution is 4.62. The summed E-state index contributed by atoms with van der Waals surface area (Å²) in [4.78, 5) is 10.8. The second-order valence-electron chi connectivity index (χ2n) is 5.26. The minimum Gasteiger partial charge on any atom is -0.233 e. The highest BCUT2D eigenvalue weighted by Crippen LogP contribution is 2.21. The molecule has 14 heavy (non-hydrogen) atoms. The molecule has 0 aliphatic heterocycles. The van der Waals surface area contributed by atoms with Crippen molar-refractivity contribution in [3.63, 3.8) is 0 Å². The third-order valence-corrected chi connectivity index (χ3v) is 2.49. The van der Waals surface area contributed by atoms with Crippen LogP contribution in [0.2, 0.25) is 0 Å². The van der Waals surface area contributed by atoms with Crippen LogP contribution in [0, 0.1) is 0 Å². The fraction of sp³-hybridized carbons (Fsp3) is 1.00. The van der Waals surface area contributed by atoms with Gasteiger partial charge in [0.1, 0.15) is 0 Å². The van der Waals surface area contributed by atoms with E-state index in [1.165, 1.54) is 32.1 Å². The molecule has 0 bridgehead atoms. The molecule has 2 heteroatoms. The predicted octanol–water partition coefficient (Wildman–Crippen LogP) is 3.85. The summed E-state index contributed by atoms with van der Waals surface area (Å²) in [5.74, 6) is 0. The number of hydrogen-bond donors (Lipinski definition) is 0. The summed E-state index contributed by atoms with van der Waals surface area (Å²) in [6, 6.07) is 0. The molecule has 0 N–H and O–H groups in total. The minimum atomic E-state index is -0.178. The van der Waals surface area contributed by atoms with Crippen molar-refractivity contribution in [2.24, 2.45) is 0 Å². The Kier molecular flexibility index (Phi) is 4.90. The molecule has 0 aromatic rings. The molecule has 2 nitrogen and oxygen atoms in total. The molecule has 1 fully saturated rings. The van der Waals surface area contributed by atoms with E-state index in [0.29, 0.717) is 6.10 Å². The van der Waals surface area contributed by atoms with Gasteiger partial charge in [0, 0.05) is 0 Å². The molecule has 1 saturated carbocycles. The van der Waals surface area contributed by atoms with Gasteiger partial charge in [-0.2, -0.15) is 0 Å². The van der Waals surface area contributed by atoms with E-state index in [2.05, 4.69) is 0 Å². The summed E-state index contributed by atoms with van der Waals surface area (Å²) in [5, 5.41) is 0. The molecule has 0 heterocycles. The molecule has 0 amide bonds. The third-order valence-electron chi connectivity index (χ3n) is 2.49. The number of hydrogen-bond acceptors (Lipinski definition) is 2. The third kappa shape index (κ3) is 5.61. The Balaban J connectivity index is 2.20. The zero-order valence-electron chi connectivity index (χ0n) is 9.84. The van der Waals surface area contributed by atoms with Crippen LogP contribution in [-0.4, -0.2) is 11.7 Å². The highest BCUT2D eigenvalue weighted by atomic mass is 17.2. The average molecular weight is 200 g/mol. The van der Waals surface area contributed by atoms with Crippen molar-refractivity contribution >= 4 is 0 Å². The van der Waals surface area contributed by atoms with Crippen molar-refractivity contribution in [1.29, 1.82) is 0 Å². The molecule has 0 aromatic carbocycles. The first-order valence-corrected chi connectivity index (χ1v) is 5.92. The molecule has 0 aromatic heterocycles. The lowest BCUT2D eigenvalue weighted by Crippen LogP contribution is -2.24. The van der Waals surface area contributed by atoms with Gasteiger partial charge in [-0.3, -0.25) is 0 Å². The average Bonchev–Trinajstić information content (AvgIpc) is 2.00. The van der Waals surface area contributed by atoms with Gasteiger partial charge >= 0.3 is 0 Å². The van der Waals surface area contributed by atoms with Gasteiger partial charge in [-0.15, -0.1) is 0 Å². The normalized spacial score (nSPS) is 21.6. The van der Waals surface area contributed by atoms with Crippen LogP contribution >= 0.6 is 0 Å². The lowest BCUT2D eigenvalue weighted by atomic mass is 9.99. The molecule has 1 aliphatic rings. The maximum absolute atomic E-state index is 5.48. The van der Waals surface area contributed by atoms with Gasteiger partial charge in [-0.05, 0) is 33.6 Å². The maximum atomic E-state index is 5.48. The van der Waals surface area contributed by atoms with Crippen LogP contribution in [0.4, 0.5) is 0 Å². The van der Waals surface area contributed by atoms with E-state index in [1.54, 1.807) is 0 Å². The summed E-state index contributed by atoms with van der Waals surface area (Å²) >= 11 is 0. The van der Waals surface area contributed by atoms with E-state index in [-0.39, 0.29) is 5.60 Å². The van der Waals surface area contributed by atoms with Crippen LogP contribution in [-0.2, 0) is 9.78 Å². The maximum Gasteiger partial charge on any atom is 0.0952 e. The van der Waals surface area contributed by atoms with E-state index < -0.39 is 0 Å². The Hall–Kier alpha value is -0.0800. The lowest BCUT2D eigenvalue weighted by molar-refractivity contribution is -0.375. The smallest absolute Gasteiger partial charge is 0.0952 e. The summed E-state index contributed by atoms with van der Waals surface area (Å²) in [6.45, 7) is 6.07. The first-order chi connectivity index (χ1) is 6.58. The van der Waals surface area contributed by atoms with Crippen LogP contribution in [0.15, 0.2) is 0 Å². The van der Waals surface area contributed by atoms with Gasteiger partial charge in [-0.1, -0.05) is 32.1 Å². The SMILES string of the molecule is CC(C)(C)OOC1CCCCCCC1. The minimum absolute atomic E-state index is 0.178. The second kappa shape index (κ2) is 5.72. The lowest BCUT2D eigenvalue weighted by Gasteiger charge is -2.24. The van der Waals surface area contributed by atoms with Gasteiger partial charge in [0.2, 0.25) is 0 Å². The Morgan fingerprint density at radius 3 is 1.86 bits per heavy atom. The first-order valence-electron chi connectivity index (χ1n) is 5.92. The van der Waals surface area contributed by atoms with Gasteiger partial charge < -0.3 is 0 Å².